The summed E-state index contributed by atoms with van der Waals surface area (Å²) in [4.78, 5) is 0. The number of nitrogens with one attached hydrogen (secondary N) is 1. The number of rotatable bonds is 5. The third-order valence-electron chi connectivity index (χ3n) is 2.31. The van der Waals surface area contributed by atoms with Gasteiger partial charge in [-0.2, -0.15) is 0 Å². The predicted octanol–water partition coefficient (Wildman–Crippen LogP) is 3.85. The molecule has 3 heteroatoms. The maximum absolute atomic E-state index is 5.74. The summed E-state index contributed by atoms with van der Waals surface area (Å²) in [5, 5.41) is 3.48. The Morgan fingerprint density at radius 1 is 1.35 bits per heavy atom. The third kappa shape index (κ3) is 6.69. The van der Waals surface area contributed by atoms with Crippen LogP contribution >= 0.6 is 15.9 Å². The van der Waals surface area contributed by atoms with E-state index in [0.717, 1.165) is 23.4 Å². The van der Waals surface area contributed by atoms with Crippen molar-refractivity contribution < 1.29 is 4.74 Å². The van der Waals surface area contributed by atoms with E-state index in [2.05, 4.69) is 48.9 Å². The van der Waals surface area contributed by atoms with E-state index in [1.54, 1.807) is 0 Å². The maximum atomic E-state index is 5.74. The van der Waals surface area contributed by atoms with Crippen molar-refractivity contribution in [3.05, 3.63) is 28.7 Å². The summed E-state index contributed by atoms with van der Waals surface area (Å²) in [6, 6.07) is 7.95. The van der Waals surface area contributed by atoms with Crippen molar-refractivity contribution in [1.29, 1.82) is 0 Å². The van der Waals surface area contributed by atoms with Crippen LogP contribution in [0.3, 0.4) is 0 Å². The van der Waals surface area contributed by atoms with Crippen LogP contribution in [0.2, 0.25) is 0 Å². The zero-order valence-electron chi connectivity index (χ0n) is 11.1. The first-order valence-corrected chi connectivity index (χ1v) is 6.79. The van der Waals surface area contributed by atoms with Crippen molar-refractivity contribution in [3.8, 4) is 5.75 Å². The van der Waals surface area contributed by atoms with Gasteiger partial charge in [-0.15, -0.1) is 0 Å². The fraction of sp³-hybridized carbons (Fsp3) is 0.571. The van der Waals surface area contributed by atoms with E-state index in [0.29, 0.717) is 5.92 Å². The first kappa shape index (κ1) is 14.5. The Morgan fingerprint density at radius 3 is 2.65 bits per heavy atom. The molecule has 0 amide bonds. The average Bonchev–Trinajstić information content (AvgIpc) is 2.23. The van der Waals surface area contributed by atoms with Crippen molar-refractivity contribution >= 4 is 15.9 Å². The number of ether oxygens (including phenoxy) is 1. The van der Waals surface area contributed by atoms with Gasteiger partial charge in [0.1, 0.15) is 5.75 Å². The van der Waals surface area contributed by atoms with Gasteiger partial charge in [-0.1, -0.05) is 28.9 Å². The van der Waals surface area contributed by atoms with E-state index in [9.17, 15) is 0 Å². The molecule has 2 nitrogen and oxygen atoms in total. The molecule has 1 aromatic carbocycles. The van der Waals surface area contributed by atoms with Gasteiger partial charge >= 0.3 is 0 Å². The minimum Gasteiger partial charge on any atom is -0.493 e. The molecule has 17 heavy (non-hydrogen) atoms. The van der Waals surface area contributed by atoms with E-state index in [-0.39, 0.29) is 5.54 Å². The number of halogens is 1. The fourth-order valence-corrected chi connectivity index (χ4v) is 1.71. The molecule has 1 rings (SSSR count). The molecule has 1 N–H and O–H groups in total. The molecule has 0 radical (unpaired) electrons. The topological polar surface area (TPSA) is 21.3 Å². The van der Waals surface area contributed by atoms with Crippen LogP contribution in [-0.4, -0.2) is 18.7 Å². The Hall–Kier alpha value is -0.540. The second-order valence-electron chi connectivity index (χ2n) is 5.50. The van der Waals surface area contributed by atoms with E-state index in [4.69, 9.17) is 4.74 Å². The lowest BCUT2D eigenvalue weighted by molar-refractivity contribution is 0.244. The summed E-state index contributed by atoms with van der Waals surface area (Å²) in [6.07, 6.45) is 0. The summed E-state index contributed by atoms with van der Waals surface area (Å²) in [7, 11) is 0. The lowest BCUT2D eigenvalue weighted by Crippen LogP contribution is -2.39. The SMILES string of the molecule is CC(CNC(C)(C)C)COc1cccc(Br)c1. The zero-order chi connectivity index (χ0) is 12.9. The molecule has 1 unspecified atom stereocenters. The lowest BCUT2D eigenvalue weighted by Gasteiger charge is -2.23. The fourth-order valence-electron chi connectivity index (χ4n) is 1.33. The lowest BCUT2D eigenvalue weighted by atomic mass is 10.1. The molecule has 0 aliphatic rings. The van der Waals surface area contributed by atoms with Gasteiger partial charge in [0.2, 0.25) is 0 Å². The second-order valence-corrected chi connectivity index (χ2v) is 6.42. The van der Waals surface area contributed by atoms with E-state index in [1.165, 1.54) is 0 Å². The summed E-state index contributed by atoms with van der Waals surface area (Å²) in [5.74, 6) is 1.41. The Morgan fingerprint density at radius 2 is 2.06 bits per heavy atom. The second kappa shape index (κ2) is 6.41. The Kier molecular flexibility index (Phi) is 5.47. The average molecular weight is 300 g/mol. The van der Waals surface area contributed by atoms with Crippen LogP contribution in [-0.2, 0) is 0 Å². The van der Waals surface area contributed by atoms with Gasteiger partial charge in [0.25, 0.3) is 0 Å². The van der Waals surface area contributed by atoms with Crippen molar-refractivity contribution in [2.75, 3.05) is 13.2 Å². The first-order chi connectivity index (χ1) is 7.87. The van der Waals surface area contributed by atoms with Gasteiger partial charge in [-0.25, -0.2) is 0 Å². The van der Waals surface area contributed by atoms with Crippen LogP contribution < -0.4 is 10.1 Å². The summed E-state index contributed by atoms with van der Waals surface area (Å²) in [6.45, 7) is 10.4. The largest absolute Gasteiger partial charge is 0.493 e. The van der Waals surface area contributed by atoms with Crippen LogP contribution in [0.1, 0.15) is 27.7 Å². The van der Waals surface area contributed by atoms with Crippen LogP contribution in [0.4, 0.5) is 0 Å². The van der Waals surface area contributed by atoms with E-state index in [1.807, 2.05) is 24.3 Å². The van der Waals surface area contributed by atoms with Gasteiger partial charge in [0.15, 0.2) is 0 Å². The van der Waals surface area contributed by atoms with Crippen LogP contribution in [0.25, 0.3) is 0 Å². The van der Waals surface area contributed by atoms with Gasteiger partial charge < -0.3 is 10.1 Å². The smallest absolute Gasteiger partial charge is 0.120 e. The molecule has 0 aromatic heterocycles. The summed E-state index contributed by atoms with van der Waals surface area (Å²) < 4.78 is 6.80. The summed E-state index contributed by atoms with van der Waals surface area (Å²) >= 11 is 3.43. The molecular weight excluding hydrogens is 278 g/mol. The van der Waals surface area contributed by atoms with Gasteiger partial charge in [-0.3, -0.25) is 0 Å². The van der Waals surface area contributed by atoms with E-state index >= 15 is 0 Å². The molecule has 0 fully saturated rings. The quantitative estimate of drug-likeness (QED) is 0.891. The van der Waals surface area contributed by atoms with Crippen molar-refractivity contribution in [3.63, 3.8) is 0 Å². The standard InChI is InChI=1S/C14H22BrNO/c1-11(9-16-14(2,3)4)10-17-13-7-5-6-12(15)8-13/h5-8,11,16H,9-10H2,1-4H3. The number of hydrogen-bond acceptors (Lipinski definition) is 2. The molecule has 0 bridgehead atoms. The molecule has 0 spiro atoms. The monoisotopic (exact) mass is 299 g/mol. The Bertz CT molecular complexity index is 346. The molecule has 0 saturated carbocycles. The molecule has 1 aromatic rings. The Balaban J connectivity index is 2.31. The molecule has 1 atom stereocenters. The van der Waals surface area contributed by atoms with Crippen molar-refractivity contribution in [2.45, 2.75) is 33.2 Å². The van der Waals surface area contributed by atoms with Gasteiger partial charge in [0, 0.05) is 22.5 Å². The van der Waals surface area contributed by atoms with Crippen LogP contribution in [0.15, 0.2) is 28.7 Å². The molecule has 0 aliphatic heterocycles. The molecule has 0 aliphatic carbocycles. The maximum Gasteiger partial charge on any atom is 0.120 e. The first-order valence-electron chi connectivity index (χ1n) is 6.00. The normalized spacial score (nSPS) is 13.5. The summed E-state index contributed by atoms with van der Waals surface area (Å²) in [5.41, 5.74) is 0.171. The molecular formula is C14H22BrNO. The van der Waals surface area contributed by atoms with Crippen LogP contribution in [0.5, 0.6) is 5.75 Å². The number of hydrogen-bond donors (Lipinski definition) is 1. The third-order valence-corrected chi connectivity index (χ3v) is 2.80. The highest BCUT2D eigenvalue weighted by molar-refractivity contribution is 9.10. The van der Waals surface area contributed by atoms with Gasteiger partial charge in [0.05, 0.1) is 6.61 Å². The predicted molar refractivity (Wildman–Crippen MR) is 76.6 cm³/mol. The van der Waals surface area contributed by atoms with Crippen molar-refractivity contribution in [1.82, 2.24) is 5.32 Å². The van der Waals surface area contributed by atoms with Crippen LogP contribution in [0, 0.1) is 5.92 Å². The molecule has 96 valence electrons. The number of benzene rings is 1. The highest BCUT2D eigenvalue weighted by atomic mass is 79.9. The molecule has 0 saturated heterocycles. The highest BCUT2D eigenvalue weighted by Crippen LogP contribution is 2.18. The van der Waals surface area contributed by atoms with E-state index < -0.39 is 0 Å². The van der Waals surface area contributed by atoms with Crippen molar-refractivity contribution in [2.24, 2.45) is 5.92 Å². The highest BCUT2D eigenvalue weighted by Gasteiger charge is 2.11. The Labute approximate surface area is 113 Å². The minimum atomic E-state index is 0.171. The zero-order valence-corrected chi connectivity index (χ0v) is 12.7. The minimum absolute atomic E-state index is 0.171. The molecule has 0 heterocycles. The van der Waals surface area contributed by atoms with Gasteiger partial charge in [-0.05, 0) is 39.0 Å².